The predicted molar refractivity (Wildman–Crippen MR) is 81.1 cm³/mol. The number of carbonyl (C=O) groups is 1. The third-order valence-electron chi connectivity index (χ3n) is 3.23. The zero-order chi connectivity index (χ0) is 14.4. The number of unbranched alkanes of at least 4 members (excludes halogenated alkanes) is 2. The Labute approximate surface area is 118 Å². The van der Waals surface area contributed by atoms with Crippen molar-refractivity contribution in [2.75, 3.05) is 11.9 Å². The average molecular weight is 272 g/mol. The van der Waals surface area contributed by atoms with Crippen molar-refractivity contribution in [3.63, 3.8) is 0 Å². The summed E-state index contributed by atoms with van der Waals surface area (Å²) in [4.78, 5) is 14.9. The third-order valence-corrected chi connectivity index (χ3v) is 3.23. The van der Waals surface area contributed by atoms with Gasteiger partial charge in [-0.1, -0.05) is 24.6 Å². The number of hydrogen-bond acceptors (Lipinski definition) is 3. The normalized spacial score (nSPS) is 10.7. The lowest BCUT2D eigenvalue weighted by Gasteiger charge is -2.10. The molecule has 1 heterocycles. The Bertz CT molecular complexity index is 596. The minimum atomic E-state index is -0.714. The first-order chi connectivity index (χ1) is 9.66. The van der Waals surface area contributed by atoms with Crippen LogP contribution in [0.4, 0.5) is 5.69 Å². The molecule has 0 saturated carbocycles. The van der Waals surface area contributed by atoms with Crippen LogP contribution in [0.1, 0.15) is 31.4 Å². The minimum absolute atomic E-state index is 0.261. The molecule has 0 fully saturated rings. The number of aryl methyl sites for hydroxylation is 1. The molecule has 0 unspecified atom stereocenters. The smallest absolute Gasteiger partial charge is 0.303 e. The molecule has 0 aliphatic rings. The Balaban J connectivity index is 1.91. The van der Waals surface area contributed by atoms with E-state index in [1.165, 1.54) is 0 Å². The lowest BCUT2D eigenvalue weighted by molar-refractivity contribution is -0.137. The number of aromatic nitrogens is 1. The molecule has 0 bridgehead atoms. The Morgan fingerprint density at radius 2 is 2.05 bits per heavy atom. The summed E-state index contributed by atoms with van der Waals surface area (Å²) in [5.74, 6) is -0.714. The first kappa shape index (κ1) is 14.3. The molecule has 2 aromatic rings. The van der Waals surface area contributed by atoms with Crippen LogP contribution in [0.5, 0.6) is 0 Å². The maximum absolute atomic E-state index is 10.4. The number of carboxylic acid groups (broad SMARTS) is 1. The van der Waals surface area contributed by atoms with Gasteiger partial charge in [0, 0.05) is 29.7 Å². The summed E-state index contributed by atoms with van der Waals surface area (Å²) in [6, 6.07) is 10.1. The zero-order valence-corrected chi connectivity index (χ0v) is 11.7. The minimum Gasteiger partial charge on any atom is -0.481 e. The molecular formula is C16H20N2O2. The van der Waals surface area contributed by atoms with Gasteiger partial charge in [-0.25, -0.2) is 0 Å². The standard InChI is InChI=1S/C16H20N2O2/c1-12-11-15(13-7-4-5-8-14(13)18-12)17-10-6-2-3-9-16(19)20/h4-5,7-8,11H,2-3,6,9-10H2,1H3,(H,17,18)(H,19,20). The summed E-state index contributed by atoms with van der Waals surface area (Å²) >= 11 is 0. The third kappa shape index (κ3) is 3.95. The molecule has 0 aliphatic heterocycles. The van der Waals surface area contributed by atoms with E-state index < -0.39 is 5.97 Å². The van der Waals surface area contributed by atoms with Gasteiger partial charge in [0.25, 0.3) is 0 Å². The van der Waals surface area contributed by atoms with Gasteiger partial charge in [-0.05, 0) is 31.9 Å². The number of nitrogens with zero attached hydrogens (tertiary/aromatic N) is 1. The lowest BCUT2D eigenvalue weighted by Crippen LogP contribution is -2.03. The summed E-state index contributed by atoms with van der Waals surface area (Å²) in [6.07, 6.45) is 2.91. The second-order valence-corrected chi connectivity index (χ2v) is 4.96. The van der Waals surface area contributed by atoms with E-state index in [9.17, 15) is 4.79 Å². The van der Waals surface area contributed by atoms with Crippen molar-refractivity contribution in [3.8, 4) is 0 Å². The molecule has 0 spiro atoms. The van der Waals surface area contributed by atoms with E-state index >= 15 is 0 Å². The molecule has 0 aliphatic carbocycles. The Hall–Kier alpha value is -2.10. The van der Waals surface area contributed by atoms with Crippen molar-refractivity contribution < 1.29 is 9.90 Å². The number of aliphatic carboxylic acids is 1. The van der Waals surface area contributed by atoms with Crippen molar-refractivity contribution in [2.24, 2.45) is 0 Å². The summed E-state index contributed by atoms with van der Waals surface area (Å²) in [5, 5.41) is 13.1. The molecule has 0 atom stereocenters. The number of hydrogen-bond donors (Lipinski definition) is 2. The molecule has 106 valence electrons. The second kappa shape index (κ2) is 6.89. The lowest BCUT2D eigenvalue weighted by atomic mass is 10.1. The van der Waals surface area contributed by atoms with Crippen LogP contribution in [0.3, 0.4) is 0 Å². The van der Waals surface area contributed by atoms with Crippen LogP contribution < -0.4 is 5.32 Å². The Morgan fingerprint density at radius 3 is 2.85 bits per heavy atom. The van der Waals surface area contributed by atoms with Gasteiger partial charge in [0.15, 0.2) is 0 Å². The van der Waals surface area contributed by atoms with Gasteiger partial charge in [-0.3, -0.25) is 9.78 Å². The topological polar surface area (TPSA) is 62.2 Å². The zero-order valence-electron chi connectivity index (χ0n) is 11.7. The van der Waals surface area contributed by atoms with Gasteiger partial charge in [0.1, 0.15) is 0 Å². The van der Waals surface area contributed by atoms with Gasteiger partial charge >= 0.3 is 5.97 Å². The number of para-hydroxylation sites is 1. The van der Waals surface area contributed by atoms with Gasteiger partial charge in [-0.2, -0.15) is 0 Å². The number of benzene rings is 1. The molecule has 2 N–H and O–H groups in total. The van der Waals surface area contributed by atoms with Crippen LogP contribution in [0.25, 0.3) is 10.9 Å². The largest absolute Gasteiger partial charge is 0.481 e. The molecule has 4 nitrogen and oxygen atoms in total. The molecule has 0 radical (unpaired) electrons. The number of rotatable bonds is 7. The molecule has 0 saturated heterocycles. The summed E-state index contributed by atoms with van der Waals surface area (Å²) in [7, 11) is 0. The fraction of sp³-hybridized carbons (Fsp3) is 0.375. The molecule has 1 aromatic heterocycles. The fourth-order valence-electron chi connectivity index (χ4n) is 2.26. The Kier molecular flexibility index (Phi) is 4.93. The number of carboxylic acids is 1. The molecule has 4 heteroatoms. The van der Waals surface area contributed by atoms with Crippen molar-refractivity contribution in [3.05, 3.63) is 36.0 Å². The maximum Gasteiger partial charge on any atom is 0.303 e. The maximum atomic E-state index is 10.4. The van der Waals surface area contributed by atoms with Crippen LogP contribution in [-0.2, 0) is 4.79 Å². The summed E-state index contributed by atoms with van der Waals surface area (Å²) in [6.45, 7) is 2.84. The van der Waals surface area contributed by atoms with E-state index in [1.54, 1.807) is 0 Å². The number of anilines is 1. The molecule has 20 heavy (non-hydrogen) atoms. The quantitative estimate of drug-likeness (QED) is 0.756. The van der Waals surface area contributed by atoms with E-state index in [-0.39, 0.29) is 6.42 Å². The van der Waals surface area contributed by atoms with Crippen LogP contribution in [-0.4, -0.2) is 22.6 Å². The monoisotopic (exact) mass is 272 g/mol. The predicted octanol–water partition coefficient (Wildman–Crippen LogP) is 3.60. The second-order valence-electron chi connectivity index (χ2n) is 4.96. The van der Waals surface area contributed by atoms with Crippen LogP contribution in [0.2, 0.25) is 0 Å². The van der Waals surface area contributed by atoms with Gasteiger partial charge in [0.05, 0.1) is 5.52 Å². The van der Waals surface area contributed by atoms with Crippen molar-refractivity contribution in [2.45, 2.75) is 32.6 Å². The number of fused-ring (bicyclic) bond motifs is 1. The van der Waals surface area contributed by atoms with E-state index in [4.69, 9.17) is 5.11 Å². The van der Waals surface area contributed by atoms with E-state index in [0.29, 0.717) is 0 Å². The summed E-state index contributed by atoms with van der Waals surface area (Å²) < 4.78 is 0. The Morgan fingerprint density at radius 1 is 1.25 bits per heavy atom. The SMILES string of the molecule is Cc1cc(NCCCCCC(=O)O)c2ccccc2n1. The van der Waals surface area contributed by atoms with Crippen molar-refractivity contribution >= 4 is 22.6 Å². The van der Waals surface area contributed by atoms with Gasteiger partial charge in [-0.15, -0.1) is 0 Å². The highest BCUT2D eigenvalue weighted by atomic mass is 16.4. The molecule has 1 aromatic carbocycles. The summed E-state index contributed by atoms with van der Waals surface area (Å²) in [5.41, 5.74) is 3.10. The highest BCUT2D eigenvalue weighted by Gasteiger charge is 2.03. The van der Waals surface area contributed by atoms with Crippen LogP contribution >= 0.6 is 0 Å². The highest BCUT2D eigenvalue weighted by molar-refractivity contribution is 5.91. The molecular weight excluding hydrogens is 252 g/mol. The molecule has 0 amide bonds. The van der Waals surface area contributed by atoms with E-state index in [0.717, 1.165) is 48.1 Å². The van der Waals surface area contributed by atoms with Gasteiger partial charge < -0.3 is 10.4 Å². The first-order valence-corrected chi connectivity index (χ1v) is 6.99. The van der Waals surface area contributed by atoms with Crippen LogP contribution in [0, 0.1) is 6.92 Å². The van der Waals surface area contributed by atoms with Crippen LogP contribution in [0.15, 0.2) is 30.3 Å². The number of pyridine rings is 1. The number of nitrogens with one attached hydrogen (secondary N) is 1. The van der Waals surface area contributed by atoms with E-state index in [2.05, 4.69) is 22.4 Å². The van der Waals surface area contributed by atoms with E-state index in [1.807, 2.05) is 25.1 Å². The molecule has 2 rings (SSSR count). The van der Waals surface area contributed by atoms with Crippen molar-refractivity contribution in [1.82, 2.24) is 4.98 Å². The fourth-order valence-corrected chi connectivity index (χ4v) is 2.26. The van der Waals surface area contributed by atoms with Gasteiger partial charge in [0.2, 0.25) is 0 Å². The van der Waals surface area contributed by atoms with Crippen molar-refractivity contribution in [1.29, 1.82) is 0 Å². The first-order valence-electron chi connectivity index (χ1n) is 6.99. The highest BCUT2D eigenvalue weighted by Crippen LogP contribution is 2.22. The average Bonchev–Trinajstić information content (AvgIpc) is 2.42.